The highest BCUT2D eigenvalue weighted by atomic mass is 79.9. The first-order valence-corrected chi connectivity index (χ1v) is 39.6. The first kappa shape index (κ1) is 84.0. The van der Waals surface area contributed by atoms with Gasteiger partial charge in [0, 0.05) is 206 Å². The average Bonchev–Trinajstić information content (AvgIpc) is 1.64. The van der Waals surface area contributed by atoms with Crippen LogP contribution in [0.2, 0.25) is 0 Å². The molecule has 0 aromatic carbocycles. The van der Waals surface area contributed by atoms with E-state index in [1.54, 1.807) is 94.6 Å². The Morgan fingerprint density at radius 1 is 0.583 bits per heavy atom. The van der Waals surface area contributed by atoms with E-state index < -0.39 is 23.4 Å². The monoisotopic (exact) mass is 1770 g/mol. The Bertz CT molecular complexity index is 3520. The summed E-state index contributed by atoms with van der Waals surface area (Å²) in [6.45, 7) is 16.6. The fourth-order valence-electron chi connectivity index (χ4n) is 9.57. The molecule has 9 N–H and O–H groups in total. The Hall–Kier alpha value is -2.67. The molecule has 4 unspecified atom stereocenters. The molecule has 30 heteroatoms. The lowest BCUT2D eigenvalue weighted by molar-refractivity contribution is -0.0940. The number of methoxy groups -OCH3 is 2. The average molecular weight is 1780 g/mol. The zero-order valence-corrected chi connectivity index (χ0v) is 68.3. The topological polar surface area (TPSA) is 256 Å². The molecule has 0 aliphatic carbocycles. The summed E-state index contributed by atoms with van der Waals surface area (Å²) < 4.78 is 48.5. The number of aliphatic hydroxyl groups is 1. The predicted octanol–water partition coefficient (Wildman–Crippen LogP) is 17.4. The highest BCUT2D eigenvalue weighted by Gasteiger charge is 2.30. The van der Waals surface area contributed by atoms with Crippen molar-refractivity contribution in [1.82, 2.24) is 20.6 Å². The number of alkyl carbamates (subject to hydrolysis) is 2. The molecule has 0 saturated carbocycles. The Balaban J connectivity index is 0.000000211. The van der Waals surface area contributed by atoms with Gasteiger partial charge in [-0.25, -0.2) is 9.59 Å². The molecule has 96 heavy (non-hydrogen) atoms. The van der Waals surface area contributed by atoms with E-state index in [4.69, 9.17) is 60.2 Å². The molecule has 4 atom stereocenters. The third kappa shape index (κ3) is 27.6. The number of amides is 2. The molecule has 528 valence electrons. The number of carbonyl (C=O) groups excluding carboxylic acids is 2. The van der Waals surface area contributed by atoms with E-state index in [1.807, 2.05) is 95.0 Å². The lowest BCUT2D eigenvalue weighted by Gasteiger charge is -2.26. The van der Waals surface area contributed by atoms with Crippen LogP contribution in [0.1, 0.15) is 113 Å². The highest BCUT2D eigenvalue weighted by Crippen LogP contribution is 2.42. The molecule has 18 nitrogen and oxygen atoms in total. The number of fused-ring (bicyclic) bond motifs is 4. The van der Waals surface area contributed by atoms with Crippen molar-refractivity contribution in [3.05, 3.63) is 162 Å². The molecule has 2 amide bonds. The molecular weight excluding hydrogens is 1690 g/mol. The Morgan fingerprint density at radius 3 is 1.32 bits per heavy atom. The van der Waals surface area contributed by atoms with E-state index in [0.717, 1.165) is 91.0 Å². The van der Waals surface area contributed by atoms with Crippen molar-refractivity contribution in [2.75, 3.05) is 80.0 Å². The maximum Gasteiger partial charge on any atom is 0.407 e. The van der Waals surface area contributed by atoms with Gasteiger partial charge in [-0.05, 0) is 156 Å². The van der Waals surface area contributed by atoms with Crippen molar-refractivity contribution >= 4 is 172 Å². The lowest BCUT2D eigenvalue weighted by Crippen LogP contribution is -2.36. The number of nitrogens with one attached hydrogen (secondary N) is 2. The molecular formula is C66H85Br5ClN7O11S6. The molecule has 8 aromatic rings. The number of pyridine rings is 2. The van der Waals surface area contributed by atoms with Gasteiger partial charge in [-0.15, -0.1) is 80.4 Å². The minimum absolute atomic E-state index is 0. The van der Waals surface area contributed by atoms with Crippen LogP contribution in [-0.4, -0.2) is 125 Å². The summed E-state index contributed by atoms with van der Waals surface area (Å²) >= 11 is 27.4. The molecule has 12 rings (SSSR count). The van der Waals surface area contributed by atoms with Crippen LogP contribution in [0.4, 0.5) is 9.59 Å². The third-order valence-corrected chi connectivity index (χ3v) is 23.9. The van der Waals surface area contributed by atoms with E-state index in [2.05, 4.69) is 128 Å². The number of nitrogens with zero attached hydrogens (tertiary/aromatic N) is 2. The van der Waals surface area contributed by atoms with Gasteiger partial charge < -0.3 is 70.8 Å². The summed E-state index contributed by atoms with van der Waals surface area (Å²) in [4.78, 5) is 38.6. The molecule has 0 bridgehead atoms. The van der Waals surface area contributed by atoms with E-state index in [9.17, 15) is 9.59 Å². The number of aromatic nitrogens is 2. The molecule has 0 spiro atoms. The molecule has 0 saturated heterocycles. The zero-order chi connectivity index (χ0) is 69.1. The van der Waals surface area contributed by atoms with Gasteiger partial charge in [0.25, 0.3) is 0 Å². The molecule has 4 aliphatic rings. The Kier molecular flexibility index (Phi) is 37.9. The van der Waals surface area contributed by atoms with E-state index in [1.165, 1.54) is 44.9 Å². The minimum Gasteiger partial charge on any atom is -0.444 e. The van der Waals surface area contributed by atoms with Crippen molar-refractivity contribution in [1.29, 1.82) is 0 Å². The Morgan fingerprint density at radius 2 is 0.979 bits per heavy atom. The van der Waals surface area contributed by atoms with Crippen LogP contribution in [-0.2, 0) is 70.0 Å². The maximum absolute atomic E-state index is 11.9. The molecule has 0 radical (unpaired) electrons. The van der Waals surface area contributed by atoms with Gasteiger partial charge in [-0.2, -0.15) is 0 Å². The van der Waals surface area contributed by atoms with Crippen LogP contribution in [0.15, 0.2) is 115 Å². The number of aliphatic hydroxyl groups excluding tert-OH is 1. The summed E-state index contributed by atoms with van der Waals surface area (Å²) in [6, 6.07) is 12.1. The summed E-state index contributed by atoms with van der Waals surface area (Å²) in [5.41, 5.74) is 25.0. The van der Waals surface area contributed by atoms with Gasteiger partial charge in [0.2, 0.25) is 0 Å². The van der Waals surface area contributed by atoms with Crippen LogP contribution < -0.4 is 27.8 Å². The number of ether oxygens (including phenoxy) is 8. The largest absolute Gasteiger partial charge is 0.444 e. The second-order valence-corrected chi connectivity index (χ2v) is 33.6. The SMILES string of the molecule is Brc1csc(Br)c1.CC(C)(C)OC(=O)NCC1OCCc2scc(-c3cccnc3)c21.CC(C)(C)OC(=O)NCC1OCCc2scc(Br)c21.COC(CN)OC.Cl.NCC1OCCc2scc(-c3cccnc3)c21.NCC1OCCc2scc(Br)c21.OCCc1cc(Br)cs1. The van der Waals surface area contributed by atoms with Crippen molar-refractivity contribution in [2.24, 2.45) is 17.2 Å². The second kappa shape index (κ2) is 43.3. The molecule has 0 fully saturated rings. The predicted molar refractivity (Wildman–Crippen MR) is 412 cm³/mol. The molecule has 4 aliphatic heterocycles. The summed E-state index contributed by atoms with van der Waals surface area (Å²) in [5, 5.41) is 26.7. The summed E-state index contributed by atoms with van der Waals surface area (Å²) in [7, 11) is 3.11. The number of halogens is 6. The number of hydrogen-bond acceptors (Lipinski definition) is 22. The minimum atomic E-state index is -0.508. The van der Waals surface area contributed by atoms with Gasteiger partial charge in [0.1, 0.15) is 23.4 Å². The quantitative estimate of drug-likeness (QED) is 0.0587. The first-order chi connectivity index (χ1) is 45.5. The van der Waals surface area contributed by atoms with Gasteiger partial charge in [-0.3, -0.25) is 9.97 Å². The fourth-order valence-corrected chi connectivity index (χ4v) is 18.9. The van der Waals surface area contributed by atoms with Crippen LogP contribution in [0, 0.1) is 0 Å². The maximum atomic E-state index is 11.9. The Labute approximate surface area is 635 Å². The number of rotatable bonds is 13. The van der Waals surface area contributed by atoms with Crippen molar-refractivity contribution in [3.8, 4) is 22.3 Å². The van der Waals surface area contributed by atoms with Crippen LogP contribution in [0.3, 0.4) is 0 Å². The summed E-state index contributed by atoms with van der Waals surface area (Å²) in [6.07, 6.45) is 10.8. The van der Waals surface area contributed by atoms with Crippen molar-refractivity contribution < 1.29 is 52.6 Å². The summed E-state index contributed by atoms with van der Waals surface area (Å²) in [5.74, 6) is 0. The van der Waals surface area contributed by atoms with Gasteiger partial charge in [0.05, 0.1) is 55.5 Å². The third-order valence-electron chi connectivity index (χ3n) is 13.7. The van der Waals surface area contributed by atoms with Crippen LogP contribution in [0.25, 0.3) is 22.3 Å². The van der Waals surface area contributed by atoms with Gasteiger partial charge >= 0.3 is 12.2 Å². The van der Waals surface area contributed by atoms with E-state index in [0.29, 0.717) is 45.9 Å². The fraction of sp³-hybridized carbons (Fsp3) is 0.455. The second-order valence-electron chi connectivity index (χ2n) is 22.9. The normalized spacial score (nSPS) is 16.6. The number of carbonyl (C=O) groups is 2. The van der Waals surface area contributed by atoms with Gasteiger partial charge in [0.15, 0.2) is 6.29 Å². The lowest BCUT2D eigenvalue weighted by atomic mass is 9.97. The van der Waals surface area contributed by atoms with Crippen molar-refractivity contribution in [2.45, 2.75) is 116 Å². The van der Waals surface area contributed by atoms with Crippen molar-refractivity contribution in [3.63, 3.8) is 0 Å². The number of thiophene rings is 6. The van der Waals surface area contributed by atoms with E-state index in [-0.39, 0.29) is 49.7 Å². The first-order valence-electron chi connectivity index (χ1n) is 30.3. The number of hydrogen-bond donors (Lipinski definition) is 6. The van der Waals surface area contributed by atoms with Crippen LogP contribution in [0.5, 0.6) is 0 Å². The smallest absolute Gasteiger partial charge is 0.407 e. The zero-order valence-electron chi connectivity index (χ0n) is 54.6. The number of nitrogens with two attached hydrogens (primary N) is 3. The van der Waals surface area contributed by atoms with E-state index >= 15 is 0 Å². The van der Waals surface area contributed by atoms with Crippen LogP contribution >= 0.6 is 160 Å². The molecule has 8 aromatic heterocycles. The molecule has 12 heterocycles. The highest BCUT2D eigenvalue weighted by molar-refractivity contribution is 9.11. The standard InChI is InChI=1S/C18H22N2O3S.C13H18BrNO3S.C13H14N2OS.C8H10BrNOS.C6H7BrOS.C4H2Br2S.C4H11NO2.ClH/c1-18(2,3)23-17(21)20-10-14-16-13(12-5-4-7-19-9-12)11-24-15(16)6-8-22-14;1-13(2,3)18-12(16)15-6-9-11-8(14)7-19-10(11)4-5-17-9;14-6-11-13-10(9-2-1-4-15-7-9)8-17-12(13)3-5-16-11;9-5-4-12-7-1-2-11-6(3-10)8(5)7;7-5-3-6(1-2-8)9-4-5;5-3-1-4(6)7-2-3;1-6-4(3-5)7-2;/h4-5,7,9,11,14H,6,8,10H2,1-3H3,(H,20,21);7,9H,4-6H2,1-3H3,(H,15,16);1-2,4,7-8,11H,3,5-6,14H2;4,6H,1-3,10H2;3-4,8H,1-2H2;1-2H;4H,3,5H2,1-2H3;1H. The van der Waals surface area contributed by atoms with Gasteiger partial charge in [-0.1, -0.05) is 12.1 Å².